The Hall–Kier alpha value is -3.59. The van der Waals surface area contributed by atoms with Crippen molar-refractivity contribution in [3.63, 3.8) is 0 Å². The maximum Gasteiger partial charge on any atom is 0.249 e. The molecule has 0 aliphatic carbocycles. The van der Waals surface area contributed by atoms with Crippen LogP contribution in [0.5, 0.6) is 0 Å². The van der Waals surface area contributed by atoms with E-state index in [1.807, 2.05) is 12.1 Å². The fourth-order valence-electron chi connectivity index (χ4n) is 5.01. The number of hydrogen-bond donors (Lipinski definition) is 1. The third kappa shape index (κ3) is 3.78. The second-order valence-electron chi connectivity index (χ2n) is 8.96. The van der Waals surface area contributed by atoms with E-state index < -0.39 is 5.91 Å². The molecule has 1 amide bonds. The number of benzene rings is 4. The topological polar surface area (TPSA) is 48.0 Å². The van der Waals surface area contributed by atoms with Crippen LogP contribution in [-0.4, -0.2) is 10.5 Å². The van der Waals surface area contributed by atoms with Crippen LogP contribution in [0.15, 0.2) is 66.7 Å². The molecule has 0 aliphatic heterocycles. The molecule has 2 N–H and O–H groups in total. The highest BCUT2D eigenvalue weighted by molar-refractivity contribution is 6.17. The quantitative estimate of drug-likeness (QED) is 0.278. The summed E-state index contributed by atoms with van der Waals surface area (Å²) in [5.41, 5.74) is 12.3. The Morgan fingerprint density at radius 2 is 1.85 bits per heavy atom. The van der Waals surface area contributed by atoms with E-state index in [1.54, 1.807) is 0 Å². The van der Waals surface area contributed by atoms with Crippen molar-refractivity contribution in [2.45, 2.75) is 46.1 Å². The zero-order valence-corrected chi connectivity index (χ0v) is 19.3. The predicted molar refractivity (Wildman–Crippen MR) is 138 cm³/mol. The molecule has 0 unspecified atom stereocenters. The van der Waals surface area contributed by atoms with Crippen molar-refractivity contribution in [1.29, 1.82) is 0 Å². The second-order valence-corrected chi connectivity index (χ2v) is 8.96. The lowest BCUT2D eigenvalue weighted by Crippen LogP contribution is -2.11. The van der Waals surface area contributed by atoms with Crippen molar-refractivity contribution in [3.05, 3.63) is 95.1 Å². The fourth-order valence-corrected chi connectivity index (χ4v) is 5.01. The van der Waals surface area contributed by atoms with Gasteiger partial charge in [-0.25, -0.2) is 0 Å². The Morgan fingerprint density at radius 1 is 1.00 bits per heavy atom. The summed E-state index contributed by atoms with van der Waals surface area (Å²) in [6, 6.07) is 26.6. The largest absolute Gasteiger partial charge is 0.366 e. The Labute approximate surface area is 194 Å². The molecule has 5 rings (SSSR count). The molecule has 1 radical (unpaired) electrons. The summed E-state index contributed by atoms with van der Waals surface area (Å²) in [6.45, 7) is 5.12. The van der Waals surface area contributed by atoms with E-state index >= 15 is 0 Å². The number of fused-ring (bicyclic) bond motifs is 4. The van der Waals surface area contributed by atoms with E-state index in [-0.39, 0.29) is 0 Å². The van der Waals surface area contributed by atoms with E-state index in [4.69, 9.17) is 5.73 Å². The number of aromatic nitrogens is 1. The Bertz CT molecular complexity index is 1490. The van der Waals surface area contributed by atoms with Crippen LogP contribution < -0.4 is 5.73 Å². The number of nitrogens with zero attached hydrogens (tertiary/aromatic N) is 1. The molecule has 3 nitrogen and oxygen atoms in total. The third-order valence-corrected chi connectivity index (χ3v) is 6.78. The van der Waals surface area contributed by atoms with Gasteiger partial charge in [0, 0.05) is 22.9 Å². The van der Waals surface area contributed by atoms with Crippen molar-refractivity contribution >= 4 is 38.5 Å². The summed E-state index contributed by atoms with van der Waals surface area (Å²) in [6.07, 6.45) is 4.64. The number of nitrogens with two attached hydrogens (primary N) is 1. The molecule has 165 valence electrons. The fraction of sp³-hybridized carbons (Fsp3) is 0.233. The lowest BCUT2D eigenvalue weighted by Gasteiger charge is -2.14. The molecule has 0 fully saturated rings. The minimum atomic E-state index is -0.401. The zero-order valence-electron chi connectivity index (χ0n) is 19.3. The first-order valence-electron chi connectivity index (χ1n) is 11.8. The number of rotatable bonds is 7. The van der Waals surface area contributed by atoms with Crippen molar-refractivity contribution in [2.24, 2.45) is 5.73 Å². The Balaban J connectivity index is 1.76. The van der Waals surface area contributed by atoms with Crippen molar-refractivity contribution in [3.8, 4) is 0 Å². The molecular weight excluding hydrogens is 404 g/mol. The monoisotopic (exact) mass is 433 g/mol. The van der Waals surface area contributed by atoms with Gasteiger partial charge in [0.2, 0.25) is 5.91 Å². The van der Waals surface area contributed by atoms with Crippen LogP contribution >= 0.6 is 0 Å². The third-order valence-electron chi connectivity index (χ3n) is 6.78. The van der Waals surface area contributed by atoms with Gasteiger partial charge in [-0.1, -0.05) is 68.3 Å². The van der Waals surface area contributed by atoms with Gasteiger partial charge in [-0.15, -0.1) is 0 Å². The van der Waals surface area contributed by atoms with E-state index in [1.165, 1.54) is 46.7 Å². The lowest BCUT2D eigenvalue weighted by molar-refractivity contribution is 0.100. The minimum Gasteiger partial charge on any atom is -0.366 e. The number of unbranched alkanes of at least 4 members (excludes halogenated alkanes) is 2. The van der Waals surface area contributed by atoms with Crippen molar-refractivity contribution < 1.29 is 4.79 Å². The molecule has 33 heavy (non-hydrogen) atoms. The van der Waals surface area contributed by atoms with Crippen LogP contribution in [0.1, 0.15) is 53.2 Å². The molecule has 0 spiro atoms. The summed E-state index contributed by atoms with van der Waals surface area (Å²) in [5.74, 6) is -0.401. The number of aryl methyl sites for hydroxylation is 2. The first kappa shape index (κ1) is 21.3. The normalized spacial score (nSPS) is 11.6. The van der Waals surface area contributed by atoms with Gasteiger partial charge in [-0.3, -0.25) is 4.79 Å². The zero-order chi connectivity index (χ0) is 22.9. The summed E-state index contributed by atoms with van der Waals surface area (Å²) in [5, 5.41) is 4.37. The molecule has 1 aromatic heterocycles. The molecule has 0 bridgehead atoms. The minimum absolute atomic E-state index is 0.401. The number of carbonyl (C=O) groups is 1. The van der Waals surface area contributed by atoms with Crippen molar-refractivity contribution in [1.82, 2.24) is 4.57 Å². The maximum absolute atomic E-state index is 12.3. The van der Waals surface area contributed by atoms with Crippen LogP contribution in [0.4, 0.5) is 0 Å². The smallest absolute Gasteiger partial charge is 0.249 e. The Morgan fingerprint density at radius 3 is 2.67 bits per heavy atom. The van der Waals surface area contributed by atoms with Crippen LogP contribution in [0, 0.1) is 13.0 Å². The van der Waals surface area contributed by atoms with Gasteiger partial charge >= 0.3 is 0 Å². The number of amides is 1. The standard InChI is InChI=1S/C30H29N2O/c1-3-4-5-9-21-15-17-24-28(18-21)32(27-13-8-12-25(29(24)27)30(31)33)19-26-20(2)14-16-22-10-6-7-11-23(22)26/h6-8,10-16,18H,3-5,9,19H2,1-2H3,(H2,31,33). The number of primary amides is 1. The van der Waals surface area contributed by atoms with E-state index in [0.29, 0.717) is 5.56 Å². The van der Waals surface area contributed by atoms with Gasteiger partial charge in [0.05, 0.1) is 11.0 Å². The van der Waals surface area contributed by atoms with Crippen LogP contribution in [0.25, 0.3) is 32.6 Å². The second kappa shape index (κ2) is 8.74. The van der Waals surface area contributed by atoms with Gasteiger partial charge in [-0.05, 0) is 71.5 Å². The maximum atomic E-state index is 12.3. The van der Waals surface area contributed by atoms with E-state index in [0.717, 1.165) is 34.8 Å². The summed E-state index contributed by atoms with van der Waals surface area (Å²) in [7, 11) is 0. The number of hydrogen-bond acceptors (Lipinski definition) is 1. The molecule has 3 heteroatoms. The highest BCUT2D eigenvalue weighted by atomic mass is 16.1. The van der Waals surface area contributed by atoms with Crippen LogP contribution in [0.3, 0.4) is 0 Å². The van der Waals surface area contributed by atoms with Gasteiger partial charge in [-0.2, -0.15) is 0 Å². The van der Waals surface area contributed by atoms with Gasteiger partial charge < -0.3 is 10.3 Å². The first-order valence-corrected chi connectivity index (χ1v) is 11.8. The Kier molecular flexibility index (Phi) is 5.63. The first-order chi connectivity index (χ1) is 16.1. The van der Waals surface area contributed by atoms with Crippen molar-refractivity contribution in [2.75, 3.05) is 0 Å². The predicted octanol–water partition coefficient (Wildman–Crippen LogP) is 6.94. The van der Waals surface area contributed by atoms with Gasteiger partial charge in [0.25, 0.3) is 0 Å². The summed E-state index contributed by atoms with van der Waals surface area (Å²) < 4.78 is 2.34. The summed E-state index contributed by atoms with van der Waals surface area (Å²) in [4.78, 5) is 12.3. The SMILES string of the molecule is CCCCCc1c[c]c2c3c(C(N)=O)cccc3n(Cc3c(C)ccc4ccccc34)c2c1. The summed E-state index contributed by atoms with van der Waals surface area (Å²) >= 11 is 0. The van der Waals surface area contributed by atoms with E-state index in [2.05, 4.69) is 79.1 Å². The highest BCUT2D eigenvalue weighted by Crippen LogP contribution is 2.34. The molecule has 0 atom stereocenters. The average molecular weight is 434 g/mol. The van der Waals surface area contributed by atoms with Gasteiger partial charge in [0.1, 0.15) is 0 Å². The number of carbonyl (C=O) groups excluding carboxylic acids is 1. The average Bonchev–Trinajstić information content (AvgIpc) is 3.14. The lowest BCUT2D eigenvalue weighted by atomic mass is 9.99. The molecule has 5 aromatic rings. The molecule has 4 aromatic carbocycles. The molecule has 0 saturated heterocycles. The molecule has 0 saturated carbocycles. The van der Waals surface area contributed by atoms with Crippen LogP contribution in [0.2, 0.25) is 0 Å². The molecule has 0 aliphatic rings. The molecule has 1 heterocycles. The molecular formula is C30H29N2O. The van der Waals surface area contributed by atoms with Gasteiger partial charge in [0.15, 0.2) is 0 Å². The highest BCUT2D eigenvalue weighted by Gasteiger charge is 2.18. The van der Waals surface area contributed by atoms with Crippen LogP contribution in [-0.2, 0) is 13.0 Å². The van der Waals surface area contributed by atoms with E-state index in [9.17, 15) is 4.79 Å².